The average Bonchev–Trinajstić information content (AvgIpc) is 2.74. The Kier molecular flexibility index (Phi) is 7.12. The highest BCUT2D eigenvalue weighted by atomic mass is 79.9. The monoisotopic (exact) mass is 488 g/mol. The standard InChI is InChI=1S/C22H21BrN2O4S/c1-16-3-10-20(11-4-16)30(26,27)25-24-14-18-7-12-21(22(13-18)28-2)29-15-17-5-8-19(23)9-6-17/h3-14,25H,15H2,1-2H3. The topological polar surface area (TPSA) is 77.0 Å². The van der Waals surface area contributed by atoms with E-state index in [4.69, 9.17) is 9.47 Å². The predicted octanol–water partition coefficient (Wildman–Crippen LogP) is 4.66. The molecule has 6 nitrogen and oxygen atoms in total. The van der Waals surface area contributed by atoms with Crippen LogP contribution in [0, 0.1) is 6.92 Å². The van der Waals surface area contributed by atoms with Crippen LogP contribution in [-0.4, -0.2) is 21.7 Å². The van der Waals surface area contributed by atoms with Gasteiger partial charge in [-0.15, -0.1) is 0 Å². The zero-order valence-electron chi connectivity index (χ0n) is 16.5. The maximum atomic E-state index is 12.3. The molecule has 0 fully saturated rings. The molecule has 0 aromatic heterocycles. The van der Waals surface area contributed by atoms with Gasteiger partial charge in [0, 0.05) is 4.47 Å². The van der Waals surface area contributed by atoms with Crippen LogP contribution in [0.15, 0.2) is 81.2 Å². The Morgan fingerprint density at radius 3 is 2.37 bits per heavy atom. The number of hydrazone groups is 1. The molecular formula is C22H21BrN2O4S. The van der Waals surface area contributed by atoms with Crippen molar-refractivity contribution in [2.75, 3.05) is 7.11 Å². The van der Waals surface area contributed by atoms with Crippen LogP contribution in [0.25, 0.3) is 0 Å². The molecule has 0 aliphatic carbocycles. The molecule has 0 aliphatic heterocycles. The van der Waals surface area contributed by atoms with Crippen LogP contribution >= 0.6 is 15.9 Å². The molecule has 1 N–H and O–H groups in total. The van der Waals surface area contributed by atoms with Gasteiger partial charge in [0.1, 0.15) is 6.61 Å². The largest absolute Gasteiger partial charge is 0.493 e. The van der Waals surface area contributed by atoms with Gasteiger partial charge >= 0.3 is 0 Å². The highest BCUT2D eigenvalue weighted by Crippen LogP contribution is 2.28. The van der Waals surface area contributed by atoms with Gasteiger partial charge in [-0.2, -0.15) is 13.5 Å². The number of methoxy groups -OCH3 is 1. The summed E-state index contributed by atoms with van der Waals surface area (Å²) in [5.41, 5.74) is 2.66. The number of nitrogens with zero attached hydrogens (tertiary/aromatic N) is 1. The molecule has 3 rings (SSSR count). The van der Waals surface area contributed by atoms with Crippen LogP contribution in [0.1, 0.15) is 16.7 Å². The molecular weight excluding hydrogens is 468 g/mol. The van der Waals surface area contributed by atoms with Crippen molar-refractivity contribution in [3.05, 3.63) is 87.9 Å². The zero-order valence-corrected chi connectivity index (χ0v) is 18.9. The van der Waals surface area contributed by atoms with E-state index in [2.05, 4.69) is 25.9 Å². The average molecular weight is 489 g/mol. The SMILES string of the molecule is COc1cc(C=NNS(=O)(=O)c2ccc(C)cc2)ccc1OCc1ccc(Br)cc1. The van der Waals surface area contributed by atoms with Gasteiger partial charge in [-0.3, -0.25) is 0 Å². The summed E-state index contributed by atoms with van der Waals surface area (Å²) in [5, 5.41) is 3.86. The van der Waals surface area contributed by atoms with E-state index in [1.165, 1.54) is 18.3 Å². The van der Waals surface area contributed by atoms with Crippen LogP contribution in [-0.2, 0) is 16.6 Å². The Morgan fingerprint density at radius 2 is 1.70 bits per heavy atom. The fourth-order valence-corrected chi connectivity index (χ4v) is 3.62. The van der Waals surface area contributed by atoms with E-state index in [0.29, 0.717) is 23.7 Å². The van der Waals surface area contributed by atoms with Gasteiger partial charge in [0.25, 0.3) is 10.0 Å². The number of sulfonamides is 1. The third kappa shape index (κ3) is 5.84. The van der Waals surface area contributed by atoms with E-state index in [9.17, 15) is 8.42 Å². The lowest BCUT2D eigenvalue weighted by Crippen LogP contribution is -2.18. The first-order valence-corrected chi connectivity index (χ1v) is 11.3. The normalized spacial score (nSPS) is 11.4. The summed E-state index contributed by atoms with van der Waals surface area (Å²) < 4.78 is 36.8. The lowest BCUT2D eigenvalue weighted by atomic mass is 10.2. The van der Waals surface area contributed by atoms with Crippen LogP contribution in [0.2, 0.25) is 0 Å². The minimum atomic E-state index is -3.72. The molecule has 3 aromatic carbocycles. The molecule has 156 valence electrons. The molecule has 0 atom stereocenters. The van der Waals surface area contributed by atoms with Crippen molar-refractivity contribution in [2.24, 2.45) is 5.10 Å². The molecule has 0 bridgehead atoms. The van der Waals surface area contributed by atoms with Gasteiger partial charge < -0.3 is 9.47 Å². The Labute approximate surface area is 184 Å². The number of hydrogen-bond acceptors (Lipinski definition) is 5. The second kappa shape index (κ2) is 9.77. The summed E-state index contributed by atoms with van der Waals surface area (Å²) in [6.45, 7) is 2.29. The first-order chi connectivity index (χ1) is 14.4. The first-order valence-electron chi connectivity index (χ1n) is 9.04. The van der Waals surface area contributed by atoms with Gasteiger partial charge in [-0.05, 0) is 60.5 Å². The quantitative estimate of drug-likeness (QED) is 0.369. The number of halogens is 1. The summed E-state index contributed by atoms with van der Waals surface area (Å²) in [6, 6.07) is 19.6. The number of rotatable bonds is 8. The first kappa shape index (κ1) is 21.9. The molecule has 0 heterocycles. The molecule has 30 heavy (non-hydrogen) atoms. The van der Waals surface area contributed by atoms with E-state index < -0.39 is 10.0 Å². The van der Waals surface area contributed by atoms with Crippen molar-refractivity contribution < 1.29 is 17.9 Å². The predicted molar refractivity (Wildman–Crippen MR) is 121 cm³/mol. The van der Waals surface area contributed by atoms with E-state index >= 15 is 0 Å². The van der Waals surface area contributed by atoms with E-state index in [1.54, 1.807) is 37.4 Å². The van der Waals surface area contributed by atoms with Crippen molar-refractivity contribution in [2.45, 2.75) is 18.4 Å². The molecule has 0 amide bonds. The summed E-state index contributed by atoms with van der Waals surface area (Å²) >= 11 is 3.41. The highest BCUT2D eigenvalue weighted by molar-refractivity contribution is 9.10. The van der Waals surface area contributed by atoms with Crippen molar-refractivity contribution in [3.8, 4) is 11.5 Å². The second-order valence-electron chi connectivity index (χ2n) is 6.49. The summed E-state index contributed by atoms with van der Waals surface area (Å²) in [5.74, 6) is 1.11. The number of nitrogens with one attached hydrogen (secondary N) is 1. The number of aryl methyl sites for hydroxylation is 1. The maximum Gasteiger partial charge on any atom is 0.276 e. The highest BCUT2D eigenvalue weighted by Gasteiger charge is 2.12. The molecule has 8 heteroatoms. The number of hydrogen-bond donors (Lipinski definition) is 1. The fourth-order valence-electron chi connectivity index (χ4n) is 2.57. The number of benzene rings is 3. The Balaban J connectivity index is 1.66. The van der Waals surface area contributed by atoms with Crippen LogP contribution in [0.3, 0.4) is 0 Å². The van der Waals surface area contributed by atoms with Crippen LogP contribution < -0.4 is 14.3 Å². The lowest BCUT2D eigenvalue weighted by molar-refractivity contribution is 0.284. The van der Waals surface area contributed by atoms with Gasteiger partial charge in [0.05, 0.1) is 18.2 Å². The minimum absolute atomic E-state index is 0.152. The van der Waals surface area contributed by atoms with Crippen molar-refractivity contribution in [3.63, 3.8) is 0 Å². The van der Waals surface area contributed by atoms with Crippen molar-refractivity contribution in [1.82, 2.24) is 4.83 Å². The Morgan fingerprint density at radius 1 is 1.00 bits per heavy atom. The number of ether oxygens (including phenoxy) is 2. The molecule has 0 saturated heterocycles. The third-order valence-corrected chi connectivity index (χ3v) is 5.98. The Bertz CT molecular complexity index is 1130. The van der Waals surface area contributed by atoms with Gasteiger partial charge in [-0.25, -0.2) is 4.83 Å². The maximum absolute atomic E-state index is 12.3. The van der Waals surface area contributed by atoms with E-state index in [-0.39, 0.29) is 4.90 Å². The molecule has 3 aromatic rings. The van der Waals surface area contributed by atoms with Crippen molar-refractivity contribution >= 4 is 32.2 Å². The minimum Gasteiger partial charge on any atom is -0.493 e. The molecule has 0 spiro atoms. The molecule has 0 unspecified atom stereocenters. The fraction of sp³-hybridized carbons (Fsp3) is 0.136. The third-order valence-electron chi connectivity index (χ3n) is 4.21. The van der Waals surface area contributed by atoms with Gasteiger partial charge in [0.15, 0.2) is 11.5 Å². The lowest BCUT2D eigenvalue weighted by Gasteiger charge is -2.11. The van der Waals surface area contributed by atoms with Gasteiger partial charge in [0.2, 0.25) is 0 Å². The van der Waals surface area contributed by atoms with Crippen molar-refractivity contribution in [1.29, 1.82) is 0 Å². The zero-order chi connectivity index (χ0) is 21.6. The summed E-state index contributed by atoms with van der Waals surface area (Å²) in [6.07, 6.45) is 1.41. The summed E-state index contributed by atoms with van der Waals surface area (Å²) in [4.78, 5) is 2.36. The van der Waals surface area contributed by atoms with E-state index in [0.717, 1.165) is 15.6 Å². The second-order valence-corrected chi connectivity index (χ2v) is 9.07. The van der Waals surface area contributed by atoms with E-state index in [1.807, 2.05) is 31.2 Å². The Hall–Kier alpha value is -2.84. The molecule has 0 radical (unpaired) electrons. The van der Waals surface area contributed by atoms with Gasteiger partial charge in [-0.1, -0.05) is 45.8 Å². The smallest absolute Gasteiger partial charge is 0.276 e. The summed E-state index contributed by atoms with van der Waals surface area (Å²) in [7, 11) is -2.18. The molecule has 0 saturated carbocycles. The van der Waals surface area contributed by atoms with Crippen LogP contribution in [0.4, 0.5) is 0 Å². The molecule has 0 aliphatic rings. The van der Waals surface area contributed by atoms with Crippen LogP contribution in [0.5, 0.6) is 11.5 Å².